The number of nitrogens with one attached hydrogen (secondary N) is 1. The SMILES string of the molecule is CN1C(=O)CCC(NC(=O)CC2(CN)CCCCC2)C1=O. The number of likely N-dealkylation sites (tertiary alicyclic amines) is 1. The van der Waals surface area contributed by atoms with Gasteiger partial charge in [0, 0.05) is 19.9 Å². The normalized spacial score (nSPS) is 25.8. The summed E-state index contributed by atoms with van der Waals surface area (Å²) in [6, 6.07) is -0.571. The minimum Gasteiger partial charge on any atom is -0.344 e. The van der Waals surface area contributed by atoms with Gasteiger partial charge >= 0.3 is 0 Å². The van der Waals surface area contributed by atoms with Gasteiger partial charge in [-0.15, -0.1) is 0 Å². The predicted molar refractivity (Wildman–Crippen MR) is 78.1 cm³/mol. The molecule has 0 spiro atoms. The molecule has 0 aromatic carbocycles. The molecule has 0 aromatic rings. The lowest BCUT2D eigenvalue weighted by atomic mass is 9.71. The zero-order valence-electron chi connectivity index (χ0n) is 12.7. The van der Waals surface area contributed by atoms with E-state index in [1.54, 1.807) is 0 Å². The number of hydrogen-bond acceptors (Lipinski definition) is 4. The topological polar surface area (TPSA) is 92.5 Å². The van der Waals surface area contributed by atoms with Crippen molar-refractivity contribution >= 4 is 17.7 Å². The van der Waals surface area contributed by atoms with E-state index in [9.17, 15) is 14.4 Å². The second-order valence-electron chi connectivity index (χ2n) is 6.39. The van der Waals surface area contributed by atoms with Gasteiger partial charge in [-0.1, -0.05) is 19.3 Å². The zero-order chi connectivity index (χ0) is 15.5. The number of rotatable bonds is 4. The van der Waals surface area contributed by atoms with E-state index < -0.39 is 6.04 Å². The van der Waals surface area contributed by atoms with Crippen LogP contribution in [0.3, 0.4) is 0 Å². The van der Waals surface area contributed by atoms with Crippen LogP contribution in [0.2, 0.25) is 0 Å². The molecule has 1 saturated heterocycles. The van der Waals surface area contributed by atoms with Crippen LogP contribution in [0.4, 0.5) is 0 Å². The van der Waals surface area contributed by atoms with E-state index in [0.717, 1.165) is 30.6 Å². The van der Waals surface area contributed by atoms with Crippen molar-refractivity contribution in [3.05, 3.63) is 0 Å². The maximum atomic E-state index is 12.3. The molecule has 0 radical (unpaired) electrons. The van der Waals surface area contributed by atoms with Crippen LogP contribution in [-0.4, -0.2) is 42.3 Å². The van der Waals surface area contributed by atoms with Crippen LogP contribution in [0.15, 0.2) is 0 Å². The molecule has 1 saturated carbocycles. The quantitative estimate of drug-likeness (QED) is 0.741. The first-order valence-electron chi connectivity index (χ1n) is 7.77. The molecule has 3 N–H and O–H groups in total. The Bertz CT molecular complexity index is 430. The van der Waals surface area contributed by atoms with Crippen LogP contribution in [0.25, 0.3) is 0 Å². The fraction of sp³-hybridized carbons (Fsp3) is 0.800. The zero-order valence-corrected chi connectivity index (χ0v) is 12.7. The summed E-state index contributed by atoms with van der Waals surface area (Å²) in [5.74, 6) is -0.621. The van der Waals surface area contributed by atoms with Crippen LogP contribution in [0.1, 0.15) is 51.4 Å². The van der Waals surface area contributed by atoms with Crippen molar-refractivity contribution in [2.75, 3.05) is 13.6 Å². The molecule has 118 valence electrons. The first kappa shape index (κ1) is 15.9. The van der Waals surface area contributed by atoms with Crippen LogP contribution in [-0.2, 0) is 14.4 Å². The Morgan fingerprint density at radius 3 is 2.62 bits per heavy atom. The van der Waals surface area contributed by atoms with Gasteiger partial charge in [0.15, 0.2) is 0 Å². The largest absolute Gasteiger partial charge is 0.344 e. The molecule has 0 bridgehead atoms. The molecule has 21 heavy (non-hydrogen) atoms. The molecule has 6 nitrogen and oxygen atoms in total. The Balaban J connectivity index is 1.92. The number of hydrogen-bond donors (Lipinski definition) is 2. The van der Waals surface area contributed by atoms with Gasteiger partial charge in [0.2, 0.25) is 11.8 Å². The summed E-state index contributed by atoms with van der Waals surface area (Å²) in [7, 11) is 1.46. The predicted octanol–water partition coefficient (Wildman–Crippen LogP) is 0.549. The number of amides is 3. The lowest BCUT2D eigenvalue weighted by molar-refractivity contribution is -0.149. The number of piperidine rings is 1. The molecule has 1 unspecified atom stereocenters. The number of carbonyl (C=O) groups excluding carboxylic acids is 3. The summed E-state index contributed by atoms with van der Waals surface area (Å²) in [5.41, 5.74) is 5.78. The standard InChI is InChI=1S/C15H25N3O3/c1-18-13(20)6-5-11(14(18)21)17-12(19)9-15(10-16)7-3-2-4-8-15/h11H,2-10,16H2,1H3,(H,17,19). The van der Waals surface area contributed by atoms with Crippen molar-refractivity contribution in [3.63, 3.8) is 0 Å². The molecule has 6 heteroatoms. The van der Waals surface area contributed by atoms with Gasteiger partial charge in [0.25, 0.3) is 5.91 Å². The summed E-state index contributed by atoms with van der Waals surface area (Å²) in [6.07, 6.45) is 6.47. The third-order valence-electron chi connectivity index (χ3n) is 4.87. The van der Waals surface area contributed by atoms with Gasteiger partial charge in [-0.3, -0.25) is 19.3 Å². The van der Waals surface area contributed by atoms with Crippen LogP contribution < -0.4 is 11.1 Å². The Labute approximate surface area is 125 Å². The molecule has 1 aliphatic heterocycles. The van der Waals surface area contributed by atoms with E-state index >= 15 is 0 Å². The lowest BCUT2D eigenvalue weighted by Crippen LogP contribution is -2.53. The molecular formula is C15H25N3O3. The van der Waals surface area contributed by atoms with E-state index in [1.165, 1.54) is 13.5 Å². The number of nitrogens with two attached hydrogens (primary N) is 1. The minimum atomic E-state index is -0.571. The lowest BCUT2D eigenvalue weighted by Gasteiger charge is -2.36. The first-order valence-corrected chi connectivity index (χ1v) is 7.77. The van der Waals surface area contributed by atoms with Gasteiger partial charge < -0.3 is 11.1 Å². The van der Waals surface area contributed by atoms with E-state index in [1.807, 2.05) is 0 Å². The van der Waals surface area contributed by atoms with Crippen molar-refractivity contribution in [1.29, 1.82) is 0 Å². The summed E-state index contributed by atoms with van der Waals surface area (Å²) in [5, 5.41) is 2.79. The van der Waals surface area contributed by atoms with Gasteiger partial charge in [-0.05, 0) is 31.2 Å². The Morgan fingerprint density at radius 2 is 2.00 bits per heavy atom. The number of likely N-dealkylation sites (N-methyl/N-ethyl adjacent to an activating group) is 1. The number of nitrogens with zero attached hydrogens (tertiary/aromatic N) is 1. The molecule has 2 fully saturated rings. The Kier molecular flexibility index (Phi) is 4.98. The van der Waals surface area contributed by atoms with Crippen molar-refractivity contribution in [1.82, 2.24) is 10.2 Å². The third kappa shape index (κ3) is 3.61. The molecule has 2 aliphatic rings. The van der Waals surface area contributed by atoms with Crippen LogP contribution >= 0.6 is 0 Å². The molecule has 2 rings (SSSR count). The minimum absolute atomic E-state index is 0.109. The van der Waals surface area contributed by atoms with Gasteiger partial charge in [-0.2, -0.15) is 0 Å². The van der Waals surface area contributed by atoms with Crippen molar-refractivity contribution < 1.29 is 14.4 Å². The second kappa shape index (κ2) is 6.56. The molecule has 1 atom stereocenters. The summed E-state index contributed by atoms with van der Waals surface area (Å²) < 4.78 is 0. The average Bonchev–Trinajstić information content (AvgIpc) is 2.49. The van der Waals surface area contributed by atoms with Crippen molar-refractivity contribution in [3.8, 4) is 0 Å². The summed E-state index contributed by atoms with van der Waals surface area (Å²) in [4.78, 5) is 36.8. The highest BCUT2D eigenvalue weighted by Crippen LogP contribution is 2.38. The van der Waals surface area contributed by atoms with Gasteiger partial charge in [-0.25, -0.2) is 0 Å². The molecule has 1 aliphatic carbocycles. The van der Waals surface area contributed by atoms with E-state index in [2.05, 4.69) is 5.32 Å². The monoisotopic (exact) mass is 295 g/mol. The molecule has 1 heterocycles. The molecule has 0 aromatic heterocycles. The van der Waals surface area contributed by atoms with E-state index in [-0.39, 0.29) is 23.1 Å². The van der Waals surface area contributed by atoms with Crippen LogP contribution in [0, 0.1) is 5.41 Å². The first-order chi connectivity index (χ1) is 9.97. The Hall–Kier alpha value is -1.43. The fourth-order valence-corrected chi connectivity index (χ4v) is 3.39. The summed E-state index contributed by atoms with van der Waals surface area (Å²) >= 11 is 0. The maximum absolute atomic E-state index is 12.3. The maximum Gasteiger partial charge on any atom is 0.251 e. The highest BCUT2D eigenvalue weighted by molar-refractivity contribution is 6.01. The fourth-order valence-electron chi connectivity index (χ4n) is 3.39. The van der Waals surface area contributed by atoms with Gasteiger partial charge in [0.1, 0.15) is 6.04 Å². The van der Waals surface area contributed by atoms with Gasteiger partial charge in [0.05, 0.1) is 0 Å². The average molecular weight is 295 g/mol. The van der Waals surface area contributed by atoms with E-state index in [4.69, 9.17) is 5.73 Å². The smallest absolute Gasteiger partial charge is 0.251 e. The molecule has 3 amide bonds. The number of imide groups is 1. The Morgan fingerprint density at radius 1 is 1.33 bits per heavy atom. The summed E-state index contributed by atoms with van der Waals surface area (Å²) in [6.45, 7) is 0.511. The third-order valence-corrected chi connectivity index (χ3v) is 4.87. The van der Waals surface area contributed by atoms with Crippen LogP contribution in [0.5, 0.6) is 0 Å². The highest BCUT2D eigenvalue weighted by atomic mass is 16.2. The van der Waals surface area contributed by atoms with Crippen molar-refractivity contribution in [2.45, 2.75) is 57.4 Å². The molecular weight excluding hydrogens is 270 g/mol. The second-order valence-corrected chi connectivity index (χ2v) is 6.39. The van der Waals surface area contributed by atoms with E-state index in [0.29, 0.717) is 25.8 Å². The van der Waals surface area contributed by atoms with Crippen molar-refractivity contribution in [2.24, 2.45) is 11.1 Å². The number of carbonyl (C=O) groups is 3. The highest BCUT2D eigenvalue weighted by Gasteiger charge is 2.36.